The number of aryl methyl sites for hydroxylation is 1. The first-order chi connectivity index (χ1) is 11.9. The van der Waals surface area contributed by atoms with Crippen LogP contribution >= 0.6 is 0 Å². The van der Waals surface area contributed by atoms with Gasteiger partial charge in [-0.15, -0.1) is 0 Å². The van der Waals surface area contributed by atoms with Crippen LogP contribution in [0.5, 0.6) is 0 Å². The van der Waals surface area contributed by atoms with Crippen molar-refractivity contribution < 1.29 is 22.0 Å². The van der Waals surface area contributed by atoms with E-state index in [1.165, 1.54) is 23.4 Å². The zero-order valence-corrected chi connectivity index (χ0v) is 14.6. The normalized spacial score (nSPS) is 15.4. The maximum Gasteiger partial charge on any atom is 0.287 e. The number of rotatable bonds is 5. The molecular weight excluding hydrogens is 347 g/mol. The highest BCUT2D eigenvalue weighted by molar-refractivity contribution is 7.89. The Kier molecular flexibility index (Phi) is 4.91. The van der Waals surface area contributed by atoms with E-state index in [0.717, 1.165) is 12.8 Å². The molecule has 3 rings (SSSR count). The van der Waals surface area contributed by atoms with Crippen LogP contribution in [0, 0.1) is 12.7 Å². The SMILES string of the molecule is Cc1oc(C(=O)NCc2ccccc2F)cc1S(=O)(=O)N1CCCC1. The highest BCUT2D eigenvalue weighted by atomic mass is 32.2. The fourth-order valence-corrected chi connectivity index (χ4v) is 4.48. The Bertz CT molecular complexity index is 886. The van der Waals surface area contributed by atoms with Crippen LogP contribution in [-0.4, -0.2) is 31.7 Å². The minimum Gasteiger partial charge on any atom is -0.455 e. The van der Waals surface area contributed by atoms with E-state index in [0.29, 0.717) is 18.7 Å². The number of nitrogens with zero attached hydrogens (tertiary/aromatic N) is 1. The number of furan rings is 1. The number of hydrogen-bond acceptors (Lipinski definition) is 4. The average molecular weight is 366 g/mol. The van der Waals surface area contributed by atoms with E-state index in [9.17, 15) is 17.6 Å². The molecule has 0 saturated carbocycles. The van der Waals surface area contributed by atoms with E-state index in [1.54, 1.807) is 18.2 Å². The fourth-order valence-electron chi connectivity index (χ4n) is 2.81. The van der Waals surface area contributed by atoms with Crippen molar-refractivity contribution in [1.29, 1.82) is 0 Å². The van der Waals surface area contributed by atoms with Crippen molar-refractivity contribution in [3.8, 4) is 0 Å². The van der Waals surface area contributed by atoms with Gasteiger partial charge in [0.2, 0.25) is 10.0 Å². The summed E-state index contributed by atoms with van der Waals surface area (Å²) in [6.45, 7) is 2.44. The monoisotopic (exact) mass is 366 g/mol. The molecule has 0 spiro atoms. The van der Waals surface area contributed by atoms with E-state index < -0.39 is 21.7 Å². The maximum atomic E-state index is 13.6. The molecule has 134 valence electrons. The van der Waals surface area contributed by atoms with Crippen LogP contribution in [0.3, 0.4) is 0 Å². The smallest absolute Gasteiger partial charge is 0.287 e. The summed E-state index contributed by atoms with van der Waals surface area (Å²) in [6, 6.07) is 7.33. The first-order valence-electron chi connectivity index (χ1n) is 8.02. The van der Waals surface area contributed by atoms with Gasteiger partial charge in [-0.25, -0.2) is 12.8 Å². The van der Waals surface area contributed by atoms with Crippen molar-refractivity contribution >= 4 is 15.9 Å². The number of hydrogen-bond donors (Lipinski definition) is 1. The van der Waals surface area contributed by atoms with E-state index in [-0.39, 0.29) is 23.0 Å². The molecule has 1 aromatic heterocycles. The van der Waals surface area contributed by atoms with Crippen LogP contribution < -0.4 is 5.32 Å². The minimum atomic E-state index is -3.66. The third-order valence-corrected chi connectivity index (χ3v) is 6.18. The van der Waals surface area contributed by atoms with E-state index in [2.05, 4.69) is 5.32 Å². The second kappa shape index (κ2) is 6.97. The molecule has 1 aliphatic heterocycles. The lowest BCUT2D eigenvalue weighted by atomic mass is 10.2. The second-order valence-electron chi connectivity index (χ2n) is 5.92. The Hall–Kier alpha value is -2.19. The number of benzene rings is 1. The summed E-state index contributed by atoms with van der Waals surface area (Å²) in [5.74, 6) is -0.945. The summed E-state index contributed by atoms with van der Waals surface area (Å²) >= 11 is 0. The van der Waals surface area contributed by atoms with Gasteiger partial charge in [0.05, 0.1) is 0 Å². The zero-order chi connectivity index (χ0) is 18.0. The zero-order valence-electron chi connectivity index (χ0n) is 13.8. The van der Waals surface area contributed by atoms with Crippen LogP contribution in [0.15, 0.2) is 39.6 Å². The van der Waals surface area contributed by atoms with Gasteiger partial charge in [-0.2, -0.15) is 4.31 Å². The van der Waals surface area contributed by atoms with Gasteiger partial charge in [0.25, 0.3) is 5.91 Å². The van der Waals surface area contributed by atoms with Crippen molar-refractivity contribution in [3.63, 3.8) is 0 Å². The van der Waals surface area contributed by atoms with Crippen molar-refractivity contribution in [2.45, 2.75) is 31.2 Å². The highest BCUT2D eigenvalue weighted by Crippen LogP contribution is 2.26. The summed E-state index contributed by atoms with van der Waals surface area (Å²) < 4.78 is 45.5. The minimum absolute atomic E-state index is 0.00504. The molecule has 0 aliphatic carbocycles. The first kappa shape index (κ1) is 17.6. The number of nitrogens with one attached hydrogen (secondary N) is 1. The predicted octanol–water partition coefficient (Wildman–Crippen LogP) is 2.44. The van der Waals surface area contributed by atoms with Crippen molar-refractivity contribution in [3.05, 3.63) is 53.2 Å². The third kappa shape index (κ3) is 3.59. The molecule has 1 aliphatic rings. The highest BCUT2D eigenvalue weighted by Gasteiger charge is 2.31. The van der Waals surface area contributed by atoms with Gasteiger partial charge < -0.3 is 9.73 Å². The molecule has 1 aromatic carbocycles. The van der Waals surface area contributed by atoms with E-state index >= 15 is 0 Å². The number of carbonyl (C=O) groups excluding carboxylic acids is 1. The summed E-state index contributed by atoms with van der Waals surface area (Å²) in [6.07, 6.45) is 1.65. The Labute approximate surface area is 145 Å². The molecule has 0 unspecified atom stereocenters. The van der Waals surface area contributed by atoms with Gasteiger partial charge in [-0.3, -0.25) is 4.79 Å². The molecule has 2 aromatic rings. The van der Waals surface area contributed by atoms with Crippen molar-refractivity contribution in [1.82, 2.24) is 9.62 Å². The Morgan fingerprint density at radius 1 is 1.28 bits per heavy atom. The molecule has 0 radical (unpaired) electrons. The first-order valence-corrected chi connectivity index (χ1v) is 9.46. The molecular formula is C17H19FN2O4S. The van der Waals surface area contributed by atoms with Gasteiger partial charge in [0.15, 0.2) is 5.76 Å². The quantitative estimate of drug-likeness (QED) is 0.881. The predicted molar refractivity (Wildman–Crippen MR) is 89.0 cm³/mol. The maximum absolute atomic E-state index is 13.6. The van der Waals surface area contributed by atoms with Crippen molar-refractivity contribution in [2.75, 3.05) is 13.1 Å². The standard InChI is InChI=1S/C17H19FN2O4S/c1-12-16(25(22,23)20-8-4-5-9-20)10-15(24-12)17(21)19-11-13-6-2-3-7-14(13)18/h2-3,6-7,10H,4-5,8-9,11H2,1H3,(H,19,21). The summed E-state index contributed by atoms with van der Waals surface area (Å²) in [4.78, 5) is 12.2. The lowest BCUT2D eigenvalue weighted by molar-refractivity contribution is 0.0921. The van der Waals surface area contributed by atoms with E-state index in [1.807, 2.05) is 0 Å². The molecule has 6 nitrogen and oxygen atoms in total. The molecule has 0 atom stereocenters. The molecule has 1 fully saturated rings. The number of carbonyl (C=O) groups is 1. The summed E-state index contributed by atoms with van der Waals surface area (Å²) in [5.41, 5.74) is 0.337. The van der Waals surface area contributed by atoms with Crippen LogP contribution in [0.25, 0.3) is 0 Å². The Balaban J connectivity index is 1.75. The lowest BCUT2D eigenvalue weighted by Gasteiger charge is -2.14. The van der Waals surface area contributed by atoms with Crippen LogP contribution in [0.2, 0.25) is 0 Å². The number of halogens is 1. The lowest BCUT2D eigenvalue weighted by Crippen LogP contribution is -2.28. The Morgan fingerprint density at radius 3 is 2.64 bits per heavy atom. The van der Waals surface area contributed by atoms with Gasteiger partial charge in [0.1, 0.15) is 16.5 Å². The van der Waals surface area contributed by atoms with Gasteiger partial charge >= 0.3 is 0 Å². The number of amides is 1. The molecule has 1 amide bonds. The topological polar surface area (TPSA) is 79.6 Å². The molecule has 25 heavy (non-hydrogen) atoms. The van der Waals surface area contributed by atoms with Crippen molar-refractivity contribution in [2.24, 2.45) is 0 Å². The van der Waals surface area contributed by atoms with Crippen LogP contribution in [-0.2, 0) is 16.6 Å². The van der Waals surface area contributed by atoms with Gasteiger partial charge in [-0.1, -0.05) is 18.2 Å². The molecule has 2 heterocycles. The van der Waals surface area contributed by atoms with Crippen LogP contribution in [0.1, 0.15) is 34.7 Å². The fraction of sp³-hybridized carbons (Fsp3) is 0.353. The molecule has 0 bridgehead atoms. The van der Waals surface area contributed by atoms with E-state index in [4.69, 9.17) is 4.42 Å². The van der Waals surface area contributed by atoms with Crippen LogP contribution in [0.4, 0.5) is 4.39 Å². The summed E-state index contributed by atoms with van der Waals surface area (Å²) in [7, 11) is -3.66. The second-order valence-corrected chi connectivity index (χ2v) is 7.82. The van der Waals surface area contributed by atoms with Gasteiger partial charge in [-0.05, 0) is 25.8 Å². The molecule has 1 saturated heterocycles. The average Bonchev–Trinajstić information content (AvgIpc) is 3.24. The molecule has 8 heteroatoms. The summed E-state index contributed by atoms with van der Waals surface area (Å²) in [5, 5.41) is 2.54. The number of sulfonamides is 1. The largest absolute Gasteiger partial charge is 0.455 e. The van der Waals surface area contributed by atoms with Gasteiger partial charge in [0, 0.05) is 31.3 Å². The molecule has 1 N–H and O–H groups in total. The third-order valence-electron chi connectivity index (χ3n) is 4.18. The Morgan fingerprint density at radius 2 is 1.96 bits per heavy atom.